The number of halogens is 3. The van der Waals surface area contributed by atoms with Crippen LogP contribution in [0.5, 0.6) is 0 Å². The molecule has 204 valence electrons. The summed E-state index contributed by atoms with van der Waals surface area (Å²) in [6.07, 6.45) is 2.38. The predicted molar refractivity (Wildman–Crippen MR) is 148 cm³/mol. The van der Waals surface area contributed by atoms with Crippen molar-refractivity contribution in [3.63, 3.8) is 0 Å². The normalized spacial score (nSPS) is 14.1. The maximum Gasteiger partial charge on any atom is 0.273 e. The van der Waals surface area contributed by atoms with Crippen molar-refractivity contribution in [3.8, 4) is 0 Å². The molecule has 0 unspecified atom stereocenters. The molecule has 0 saturated carbocycles. The first-order valence-corrected chi connectivity index (χ1v) is 13.0. The van der Waals surface area contributed by atoms with E-state index in [1.54, 1.807) is 12.3 Å². The minimum Gasteiger partial charge on any atom is -0.383 e. The van der Waals surface area contributed by atoms with E-state index in [2.05, 4.69) is 32.7 Å². The summed E-state index contributed by atoms with van der Waals surface area (Å²) < 4.78 is 39.9. The summed E-state index contributed by atoms with van der Waals surface area (Å²) in [6, 6.07) is 14.6. The second-order valence-electron chi connectivity index (χ2n) is 9.81. The van der Waals surface area contributed by atoms with E-state index in [1.807, 2.05) is 30.3 Å². The van der Waals surface area contributed by atoms with E-state index >= 15 is 0 Å². The number of alkyl halides is 1. The van der Waals surface area contributed by atoms with Crippen LogP contribution in [-0.2, 0) is 6.42 Å². The third kappa shape index (κ3) is 6.17. The van der Waals surface area contributed by atoms with Gasteiger partial charge in [0.25, 0.3) is 5.91 Å². The minimum absolute atomic E-state index is 0.317. The number of anilines is 2. The molecular weight excluding hydrogens is 505 g/mol. The Morgan fingerprint density at radius 3 is 2.49 bits per heavy atom. The summed E-state index contributed by atoms with van der Waals surface area (Å²) in [5.74, 6) is -1.54. The van der Waals surface area contributed by atoms with Crippen LogP contribution >= 0.6 is 0 Å². The average molecular weight is 537 g/mol. The first-order chi connectivity index (χ1) is 18.9. The Labute approximate surface area is 225 Å². The number of nitrogens with zero attached hydrogens (tertiary/aromatic N) is 4. The van der Waals surface area contributed by atoms with Crippen molar-refractivity contribution in [1.29, 1.82) is 0 Å². The van der Waals surface area contributed by atoms with Gasteiger partial charge in [0.2, 0.25) is 0 Å². The van der Waals surface area contributed by atoms with Gasteiger partial charge in [0.15, 0.2) is 0 Å². The smallest absolute Gasteiger partial charge is 0.273 e. The Morgan fingerprint density at radius 1 is 0.974 bits per heavy atom. The van der Waals surface area contributed by atoms with E-state index in [-0.39, 0.29) is 5.91 Å². The molecule has 0 radical (unpaired) electrons. The molecule has 3 aromatic carbocycles. The number of carbonyl (C=O) groups excluding carboxylic acids is 1. The predicted octanol–water partition coefficient (Wildman–Crippen LogP) is 4.81. The van der Waals surface area contributed by atoms with Crippen LogP contribution in [0.1, 0.15) is 27.9 Å². The number of fused-ring (bicyclic) bond motifs is 1. The van der Waals surface area contributed by atoms with Gasteiger partial charge in [0.05, 0.1) is 35.3 Å². The van der Waals surface area contributed by atoms with Crippen LogP contribution in [0.25, 0.3) is 10.9 Å². The summed E-state index contributed by atoms with van der Waals surface area (Å²) in [4.78, 5) is 19.4. The largest absolute Gasteiger partial charge is 0.383 e. The van der Waals surface area contributed by atoms with Gasteiger partial charge < -0.3 is 15.1 Å². The number of carbonyl (C=O) groups is 1. The summed E-state index contributed by atoms with van der Waals surface area (Å²) >= 11 is 0. The van der Waals surface area contributed by atoms with E-state index in [0.717, 1.165) is 54.6 Å². The molecule has 1 saturated heterocycles. The fourth-order valence-corrected chi connectivity index (χ4v) is 4.92. The lowest BCUT2D eigenvalue weighted by molar-refractivity contribution is 0.101. The third-order valence-electron chi connectivity index (χ3n) is 6.90. The average Bonchev–Trinajstić information content (AvgIpc) is 3.30. The van der Waals surface area contributed by atoms with Gasteiger partial charge in [-0.15, -0.1) is 0 Å². The molecule has 10 heteroatoms. The molecule has 1 fully saturated rings. The number of likely N-dealkylation sites (N-methyl/N-ethyl adjacent to an activating group) is 1. The molecule has 2 heterocycles. The van der Waals surface area contributed by atoms with Crippen LogP contribution in [0.4, 0.5) is 24.5 Å². The summed E-state index contributed by atoms with van der Waals surface area (Å²) in [5, 5.41) is 8.44. The zero-order chi connectivity index (χ0) is 27.4. The number of benzene rings is 3. The number of hydrogen-bond acceptors (Lipinski definition) is 5. The lowest BCUT2D eigenvalue weighted by atomic mass is 10.0. The topological polar surface area (TPSA) is 65.4 Å². The molecule has 7 nitrogen and oxygen atoms in total. The summed E-state index contributed by atoms with van der Waals surface area (Å²) in [6.45, 7) is 3.33. The SMILES string of the molecule is CN1CCN(c2c(NCCCF)cccc2C(=O)Nn2ncc3cc(Cc4cc(F)cc(F)c4)ccc32)CC1. The highest BCUT2D eigenvalue weighted by molar-refractivity contribution is 6.07. The van der Waals surface area contributed by atoms with Gasteiger partial charge in [0.1, 0.15) is 11.6 Å². The van der Waals surface area contributed by atoms with E-state index < -0.39 is 18.3 Å². The lowest BCUT2D eigenvalue weighted by Crippen LogP contribution is -2.45. The molecule has 2 N–H and O–H groups in total. The molecule has 4 aromatic rings. The standard InChI is InChI=1S/C29H31F3N6O/c1-36-10-12-37(13-11-36)28-25(4-2-5-26(28)33-9-3-8-30)29(39)35-38-27-7-6-20(15-22(27)19-34-38)14-21-16-23(31)18-24(32)17-21/h2,4-7,15-19,33H,3,8-14H2,1H3,(H,35,39). The van der Waals surface area contributed by atoms with Crippen molar-refractivity contribution < 1.29 is 18.0 Å². The van der Waals surface area contributed by atoms with Crippen LogP contribution < -0.4 is 15.6 Å². The quantitative estimate of drug-likeness (QED) is 0.301. The second-order valence-corrected chi connectivity index (χ2v) is 9.81. The highest BCUT2D eigenvalue weighted by Crippen LogP contribution is 2.32. The zero-order valence-electron chi connectivity index (χ0n) is 21.8. The number of rotatable bonds is 9. The highest BCUT2D eigenvalue weighted by atomic mass is 19.1. The molecule has 0 bridgehead atoms. The fraction of sp³-hybridized carbons (Fsp3) is 0.310. The number of nitrogens with one attached hydrogen (secondary N) is 2. The molecular formula is C29H31F3N6O. The number of aromatic nitrogens is 2. The molecule has 39 heavy (non-hydrogen) atoms. The van der Waals surface area contributed by atoms with E-state index in [0.29, 0.717) is 36.0 Å². The first kappa shape index (κ1) is 26.6. The maximum atomic E-state index is 13.6. The van der Waals surface area contributed by atoms with E-state index in [9.17, 15) is 18.0 Å². The maximum absolute atomic E-state index is 13.6. The first-order valence-electron chi connectivity index (χ1n) is 13.0. The number of piperazine rings is 1. The van der Waals surface area contributed by atoms with Gasteiger partial charge in [-0.2, -0.15) is 9.89 Å². The molecule has 0 spiro atoms. The number of amides is 1. The van der Waals surface area contributed by atoms with Gasteiger partial charge in [-0.25, -0.2) is 14.2 Å². The minimum atomic E-state index is -0.612. The summed E-state index contributed by atoms with van der Waals surface area (Å²) in [7, 11) is 2.07. The van der Waals surface area contributed by atoms with Crippen LogP contribution in [0, 0.1) is 11.6 Å². The summed E-state index contributed by atoms with van der Waals surface area (Å²) in [5.41, 5.74) is 7.07. The third-order valence-corrected chi connectivity index (χ3v) is 6.90. The van der Waals surface area contributed by atoms with Gasteiger partial charge in [-0.1, -0.05) is 12.1 Å². The Morgan fingerprint density at radius 2 is 1.74 bits per heavy atom. The van der Waals surface area contributed by atoms with Crippen molar-refractivity contribution >= 4 is 28.2 Å². The van der Waals surface area contributed by atoms with Gasteiger partial charge in [-0.3, -0.25) is 9.18 Å². The van der Waals surface area contributed by atoms with Crippen LogP contribution in [-0.4, -0.2) is 67.1 Å². The Kier molecular flexibility index (Phi) is 8.02. The van der Waals surface area contributed by atoms with Crippen molar-refractivity contribution in [2.45, 2.75) is 12.8 Å². The van der Waals surface area contributed by atoms with Crippen molar-refractivity contribution in [3.05, 3.63) is 89.1 Å². The van der Waals surface area contributed by atoms with E-state index in [1.165, 1.54) is 16.9 Å². The zero-order valence-corrected chi connectivity index (χ0v) is 21.8. The van der Waals surface area contributed by atoms with Crippen LogP contribution in [0.15, 0.2) is 60.8 Å². The van der Waals surface area contributed by atoms with Crippen molar-refractivity contribution in [2.75, 3.05) is 62.1 Å². The Balaban J connectivity index is 1.39. The molecule has 1 aliphatic heterocycles. The number of hydrogen-bond donors (Lipinski definition) is 2. The molecule has 0 atom stereocenters. The Hall–Kier alpha value is -4.05. The fourth-order valence-electron chi connectivity index (χ4n) is 4.92. The Bertz CT molecular complexity index is 1440. The van der Waals surface area contributed by atoms with Gasteiger partial charge in [0, 0.05) is 44.2 Å². The second kappa shape index (κ2) is 11.8. The van der Waals surface area contributed by atoms with Gasteiger partial charge in [-0.05, 0) is 67.4 Å². The molecule has 1 aliphatic rings. The van der Waals surface area contributed by atoms with E-state index in [4.69, 9.17) is 0 Å². The highest BCUT2D eigenvalue weighted by Gasteiger charge is 2.24. The number of para-hydroxylation sites is 1. The van der Waals surface area contributed by atoms with Gasteiger partial charge >= 0.3 is 0 Å². The van der Waals surface area contributed by atoms with Crippen molar-refractivity contribution in [1.82, 2.24) is 14.8 Å². The van der Waals surface area contributed by atoms with Crippen LogP contribution in [0.3, 0.4) is 0 Å². The molecule has 5 rings (SSSR count). The monoisotopic (exact) mass is 536 g/mol. The molecule has 1 amide bonds. The molecule has 1 aromatic heterocycles. The lowest BCUT2D eigenvalue weighted by Gasteiger charge is -2.36. The van der Waals surface area contributed by atoms with Crippen molar-refractivity contribution in [2.24, 2.45) is 0 Å². The molecule has 0 aliphatic carbocycles. The van der Waals surface area contributed by atoms with Crippen LogP contribution in [0.2, 0.25) is 0 Å².